The third-order valence-electron chi connectivity index (χ3n) is 3.57. The lowest BCUT2D eigenvalue weighted by Gasteiger charge is -2.15. The summed E-state index contributed by atoms with van der Waals surface area (Å²) in [5, 5.41) is 8.08. The van der Waals surface area contributed by atoms with Gasteiger partial charge < -0.3 is 5.32 Å². The van der Waals surface area contributed by atoms with E-state index in [1.807, 2.05) is 12.3 Å². The molecule has 1 unspecified atom stereocenters. The van der Waals surface area contributed by atoms with E-state index in [1.165, 1.54) is 18.4 Å². The number of thiophene rings is 1. The summed E-state index contributed by atoms with van der Waals surface area (Å²) in [6, 6.07) is 1.71. The fourth-order valence-corrected chi connectivity index (χ4v) is 3.59. The quantitative estimate of drug-likeness (QED) is 0.825. The van der Waals surface area contributed by atoms with Crippen molar-refractivity contribution in [2.75, 3.05) is 5.32 Å². The van der Waals surface area contributed by atoms with Gasteiger partial charge in [0.15, 0.2) is 5.69 Å². The minimum absolute atomic E-state index is 0.214. The van der Waals surface area contributed by atoms with Gasteiger partial charge in [0, 0.05) is 18.1 Å². The summed E-state index contributed by atoms with van der Waals surface area (Å²) in [5.41, 5.74) is -1.09. The molecule has 0 saturated carbocycles. The van der Waals surface area contributed by atoms with E-state index >= 15 is 0 Å². The highest BCUT2D eigenvalue weighted by Crippen LogP contribution is 2.35. The first-order valence-corrected chi connectivity index (χ1v) is 8.47. The fraction of sp³-hybridized carbons (Fsp3) is 0.500. The largest absolute Gasteiger partial charge is 0.420 e. The average molecular weight is 359 g/mol. The molecule has 1 amide bonds. The second-order valence-electron chi connectivity index (χ2n) is 6.25. The first-order valence-electron chi connectivity index (χ1n) is 7.59. The van der Waals surface area contributed by atoms with Crippen LogP contribution in [0.4, 0.5) is 18.9 Å². The van der Waals surface area contributed by atoms with Crippen molar-refractivity contribution in [3.8, 4) is 0 Å². The number of halogens is 3. The van der Waals surface area contributed by atoms with Crippen LogP contribution in [0.5, 0.6) is 0 Å². The van der Waals surface area contributed by atoms with Crippen LogP contribution in [0.1, 0.15) is 54.0 Å². The second kappa shape index (κ2) is 6.96. The third-order valence-corrected chi connectivity index (χ3v) is 4.71. The van der Waals surface area contributed by atoms with Gasteiger partial charge in [-0.3, -0.25) is 9.48 Å². The summed E-state index contributed by atoms with van der Waals surface area (Å²) in [6.45, 7) is 6.25. The van der Waals surface area contributed by atoms with Crippen molar-refractivity contribution >= 4 is 22.9 Å². The van der Waals surface area contributed by atoms with Crippen LogP contribution < -0.4 is 5.32 Å². The number of aromatic nitrogens is 2. The van der Waals surface area contributed by atoms with Crippen molar-refractivity contribution < 1.29 is 18.0 Å². The summed E-state index contributed by atoms with van der Waals surface area (Å²) in [6.07, 6.45) is -2.88. The van der Waals surface area contributed by atoms with Crippen LogP contribution in [0.2, 0.25) is 0 Å². The smallest absolute Gasteiger partial charge is 0.320 e. The van der Waals surface area contributed by atoms with E-state index in [0.29, 0.717) is 11.6 Å². The molecule has 0 aromatic carbocycles. The Morgan fingerprint density at radius 3 is 2.62 bits per heavy atom. The lowest BCUT2D eigenvalue weighted by molar-refractivity contribution is -0.137. The minimum Gasteiger partial charge on any atom is -0.320 e. The van der Waals surface area contributed by atoms with Crippen molar-refractivity contribution in [3.05, 3.63) is 33.8 Å². The monoisotopic (exact) mass is 359 g/mol. The Hall–Kier alpha value is -1.83. The van der Waals surface area contributed by atoms with E-state index in [2.05, 4.69) is 24.3 Å². The number of aryl methyl sites for hydroxylation is 1. The van der Waals surface area contributed by atoms with Crippen LogP contribution in [0.3, 0.4) is 0 Å². The van der Waals surface area contributed by atoms with Crippen LogP contribution in [0.25, 0.3) is 0 Å². The first-order chi connectivity index (χ1) is 11.1. The lowest BCUT2D eigenvalue weighted by atomic mass is 9.97. The molecule has 0 aliphatic carbocycles. The van der Waals surface area contributed by atoms with Gasteiger partial charge in [0.1, 0.15) is 5.56 Å². The fourth-order valence-electron chi connectivity index (χ4n) is 2.67. The number of hydrogen-bond donors (Lipinski definition) is 1. The first kappa shape index (κ1) is 18.5. The van der Waals surface area contributed by atoms with Gasteiger partial charge in [0.25, 0.3) is 5.91 Å². The molecule has 2 aromatic heterocycles. The van der Waals surface area contributed by atoms with Crippen LogP contribution in [0, 0.1) is 5.92 Å². The molecule has 0 saturated heterocycles. The molecule has 8 heteroatoms. The maximum atomic E-state index is 13.0. The molecule has 2 rings (SSSR count). The maximum Gasteiger partial charge on any atom is 0.420 e. The molecule has 0 spiro atoms. The Kier molecular flexibility index (Phi) is 5.37. The van der Waals surface area contributed by atoms with Crippen molar-refractivity contribution in [2.24, 2.45) is 13.0 Å². The highest BCUT2D eigenvalue weighted by atomic mass is 32.1. The minimum atomic E-state index is -4.62. The number of amides is 1. The number of alkyl halides is 3. The number of carbonyl (C=O) groups excluding carboxylic acids is 1. The summed E-state index contributed by atoms with van der Waals surface area (Å²) < 4.78 is 40.1. The van der Waals surface area contributed by atoms with Gasteiger partial charge in [-0.15, -0.1) is 11.3 Å². The molecule has 0 radical (unpaired) electrons. The normalized spacial score (nSPS) is 13.3. The van der Waals surface area contributed by atoms with E-state index in [0.717, 1.165) is 22.2 Å². The molecule has 0 aliphatic rings. The van der Waals surface area contributed by atoms with Gasteiger partial charge in [-0.25, -0.2) is 0 Å². The van der Waals surface area contributed by atoms with E-state index in [1.54, 1.807) is 6.07 Å². The number of hydrogen-bond acceptors (Lipinski definition) is 3. The molecule has 0 fully saturated rings. The van der Waals surface area contributed by atoms with Gasteiger partial charge in [-0.1, -0.05) is 20.8 Å². The molecule has 2 heterocycles. The van der Waals surface area contributed by atoms with Crippen LogP contribution in [-0.2, 0) is 13.2 Å². The van der Waals surface area contributed by atoms with E-state index < -0.39 is 23.3 Å². The highest BCUT2D eigenvalue weighted by Gasteiger charge is 2.38. The summed E-state index contributed by atoms with van der Waals surface area (Å²) >= 11 is 1.49. The molecule has 2 aromatic rings. The van der Waals surface area contributed by atoms with Crippen LogP contribution in [0.15, 0.2) is 17.6 Å². The summed E-state index contributed by atoms with van der Waals surface area (Å²) in [4.78, 5) is 13.3. The highest BCUT2D eigenvalue weighted by molar-refractivity contribution is 7.10. The Morgan fingerprint density at radius 2 is 2.04 bits per heavy atom. The Bertz CT molecular complexity index is 718. The number of carbonyl (C=O) groups is 1. The molecule has 0 aliphatic heterocycles. The molecule has 4 nitrogen and oxygen atoms in total. The molecule has 0 bridgehead atoms. The van der Waals surface area contributed by atoms with Gasteiger partial charge in [0.2, 0.25) is 0 Å². The van der Waals surface area contributed by atoms with E-state index in [-0.39, 0.29) is 5.92 Å². The summed E-state index contributed by atoms with van der Waals surface area (Å²) in [5.74, 6) is -0.149. The average Bonchev–Trinajstić information content (AvgIpc) is 3.03. The van der Waals surface area contributed by atoms with Crippen LogP contribution >= 0.6 is 11.3 Å². The zero-order chi connectivity index (χ0) is 18.1. The Labute approximate surface area is 142 Å². The van der Waals surface area contributed by atoms with E-state index in [4.69, 9.17) is 0 Å². The Balaban J connectivity index is 2.25. The van der Waals surface area contributed by atoms with Crippen LogP contribution in [-0.4, -0.2) is 15.7 Å². The SMILES string of the molecule is CC(C)CC(C)c1sccc1NC(=O)c1nn(C)cc1C(F)(F)F. The van der Waals surface area contributed by atoms with Crippen molar-refractivity contribution in [3.63, 3.8) is 0 Å². The third kappa shape index (κ3) is 4.17. The molecule has 132 valence electrons. The predicted octanol–water partition coefficient (Wildman–Crippen LogP) is 4.90. The molecule has 1 atom stereocenters. The molecule has 24 heavy (non-hydrogen) atoms. The zero-order valence-corrected chi connectivity index (χ0v) is 14.8. The van der Waals surface area contributed by atoms with Gasteiger partial charge in [-0.2, -0.15) is 18.3 Å². The topological polar surface area (TPSA) is 46.9 Å². The standard InChI is InChI=1S/C16H20F3N3OS/c1-9(2)7-10(3)14-12(5-6-24-14)20-15(23)13-11(16(17,18)19)8-22(4)21-13/h5-6,8-10H,7H2,1-4H3,(H,20,23). The number of nitrogens with zero attached hydrogens (tertiary/aromatic N) is 2. The molecular formula is C16H20F3N3OS. The number of anilines is 1. The van der Waals surface area contributed by atoms with Gasteiger partial charge >= 0.3 is 6.18 Å². The number of nitrogens with one attached hydrogen (secondary N) is 1. The maximum absolute atomic E-state index is 13.0. The van der Waals surface area contributed by atoms with Gasteiger partial charge in [-0.05, 0) is 29.7 Å². The zero-order valence-electron chi connectivity index (χ0n) is 13.9. The van der Waals surface area contributed by atoms with E-state index in [9.17, 15) is 18.0 Å². The molecule has 1 N–H and O–H groups in total. The predicted molar refractivity (Wildman–Crippen MR) is 88.4 cm³/mol. The van der Waals surface area contributed by atoms with Gasteiger partial charge in [0.05, 0.1) is 5.69 Å². The van der Waals surface area contributed by atoms with Crippen molar-refractivity contribution in [2.45, 2.75) is 39.3 Å². The van der Waals surface area contributed by atoms with Crippen molar-refractivity contribution in [1.29, 1.82) is 0 Å². The summed E-state index contributed by atoms with van der Waals surface area (Å²) in [7, 11) is 1.35. The van der Waals surface area contributed by atoms with Crippen molar-refractivity contribution in [1.82, 2.24) is 9.78 Å². The second-order valence-corrected chi connectivity index (χ2v) is 7.19. The Morgan fingerprint density at radius 1 is 1.38 bits per heavy atom. The molecular weight excluding hydrogens is 339 g/mol. The lowest BCUT2D eigenvalue weighted by Crippen LogP contribution is -2.18. The number of rotatable bonds is 5.